The Balaban J connectivity index is 0. The lowest BCUT2D eigenvalue weighted by Crippen LogP contribution is -1.93. The summed E-state index contributed by atoms with van der Waals surface area (Å²) in [4.78, 5) is 0. The van der Waals surface area contributed by atoms with E-state index in [1.807, 2.05) is 6.07 Å². The van der Waals surface area contributed by atoms with Crippen molar-refractivity contribution < 1.29 is 0 Å². The molecule has 0 aliphatic rings. The average Bonchev–Trinajstić information content (AvgIpc) is 1.93. The number of nitrogens with two attached hydrogens (primary N) is 1. The lowest BCUT2D eigenvalue weighted by atomic mass is 10.0. The largest absolute Gasteiger partial charge is 0.399 e. The van der Waals surface area contributed by atoms with Crippen LogP contribution >= 0.6 is 24.0 Å². The molecule has 1 rings (SSSR count). The monoisotopic (exact) mass is 280 g/mol. The number of aryl methyl sites for hydroxylation is 1. The van der Waals surface area contributed by atoms with E-state index in [2.05, 4.69) is 26.8 Å². The fourth-order valence-electron chi connectivity index (χ4n) is 0.977. The second kappa shape index (κ2) is 5.37. The van der Waals surface area contributed by atoms with Crippen LogP contribution in [-0.4, -0.2) is 0 Å². The molecule has 0 aromatic heterocycles. The molecular weight excluding hydrogens is 263 g/mol. The molecule has 2 nitrogen and oxygen atoms in total. The Morgan fingerprint density at radius 2 is 1.50 bits per heavy atom. The van der Waals surface area contributed by atoms with E-state index in [0.29, 0.717) is 0 Å². The van der Waals surface area contributed by atoms with Crippen LogP contribution in [0, 0.1) is 20.8 Å². The lowest BCUT2D eigenvalue weighted by molar-refractivity contribution is 1.27. The van der Waals surface area contributed by atoms with Crippen LogP contribution in [0.5, 0.6) is 0 Å². The first-order valence-electron chi connectivity index (χ1n) is 3.45. The molecule has 0 aliphatic carbocycles. The first kappa shape index (κ1) is 14.2. The quantitative estimate of drug-likeness (QED) is 0.567. The van der Waals surface area contributed by atoms with Gasteiger partial charge < -0.3 is 11.9 Å². The molecule has 12 heavy (non-hydrogen) atoms. The fourth-order valence-corrected chi connectivity index (χ4v) is 0.977. The predicted octanol–water partition coefficient (Wildman–Crippen LogP) is 2.97. The molecule has 1 aromatic rings. The minimum absolute atomic E-state index is 0. The van der Waals surface area contributed by atoms with Gasteiger partial charge >= 0.3 is 0 Å². The van der Waals surface area contributed by atoms with Crippen LogP contribution in [0.25, 0.3) is 0 Å². The maximum atomic E-state index is 5.69. The van der Waals surface area contributed by atoms with Crippen LogP contribution in [0.15, 0.2) is 12.1 Å². The molecular formula is C9H17IN2. The fraction of sp³-hybridized carbons (Fsp3) is 0.333. The maximum absolute atomic E-state index is 5.69. The molecule has 0 atom stereocenters. The standard InChI is InChI=1S/C9H13N.HI.H3N/c1-6-4-5-9(10)8(3)7(6)2;;/h4-5H,10H2,1-3H3;1H;1H3. The number of hydrogen-bond donors (Lipinski definition) is 2. The van der Waals surface area contributed by atoms with Crippen molar-refractivity contribution in [3.63, 3.8) is 0 Å². The maximum Gasteiger partial charge on any atom is 0.0346 e. The van der Waals surface area contributed by atoms with Gasteiger partial charge in [-0.2, -0.15) is 0 Å². The highest BCUT2D eigenvalue weighted by molar-refractivity contribution is 14.0. The molecule has 0 aliphatic heterocycles. The van der Waals surface area contributed by atoms with Gasteiger partial charge in [0.15, 0.2) is 0 Å². The van der Waals surface area contributed by atoms with Gasteiger partial charge in [0, 0.05) is 5.69 Å². The first-order valence-corrected chi connectivity index (χ1v) is 3.45. The molecule has 0 spiro atoms. The summed E-state index contributed by atoms with van der Waals surface area (Å²) in [6.07, 6.45) is 0. The topological polar surface area (TPSA) is 61.0 Å². The summed E-state index contributed by atoms with van der Waals surface area (Å²) in [5.41, 5.74) is 10.4. The molecule has 3 heteroatoms. The van der Waals surface area contributed by atoms with Crippen molar-refractivity contribution in [2.24, 2.45) is 0 Å². The zero-order chi connectivity index (χ0) is 7.72. The number of benzene rings is 1. The SMILES string of the molecule is Cc1ccc(N)c(C)c1C.I.N. The van der Waals surface area contributed by atoms with E-state index in [1.165, 1.54) is 16.7 Å². The van der Waals surface area contributed by atoms with E-state index in [9.17, 15) is 0 Å². The van der Waals surface area contributed by atoms with Crippen LogP contribution < -0.4 is 11.9 Å². The Labute approximate surface area is 91.1 Å². The minimum Gasteiger partial charge on any atom is -0.399 e. The van der Waals surface area contributed by atoms with Gasteiger partial charge in [0.2, 0.25) is 0 Å². The Morgan fingerprint density at radius 3 is 1.92 bits per heavy atom. The van der Waals surface area contributed by atoms with E-state index in [-0.39, 0.29) is 30.1 Å². The Morgan fingerprint density at radius 1 is 1.00 bits per heavy atom. The zero-order valence-electron chi connectivity index (χ0n) is 7.85. The van der Waals surface area contributed by atoms with Crippen LogP contribution in [0.3, 0.4) is 0 Å². The number of nitrogen functional groups attached to an aromatic ring is 1. The predicted molar refractivity (Wildman–Crippen MR) is 65.5 cm³/mol. The van der Waals surface area contributed by atoms with E-state index < -0.39 is 0 Å². The van der Waals surface area contributed by atoms with Gasteiger partial charge in [-0.1, -0.05) is 6.07 Å². The number of halogens is 1. The van der Waals surface area contributed by atoms with Crippen molar-refractivity contribution in [3.05, 3.63) is 28.8 Å². The molecule has 70 valence electrons. The van der Waals surface area contributed by atoms with Gasteiger partial charge in [0.1, 0.15) is 0 Å². The highest BCUT2D eigenvalue weighted by Gasteiger charge is 1.98. The van der Waals surface area contributed by atoms with Crippen molar-refractivity contribution >= 4 is 29.7 Å². The van der Waals surface area contributed by atoms with Crippen LogP contribution in [0.4, 0.5) is 5.69 Å². The molecule has 0 radical (unpaired) electrons. The second-order valence-electron chi connectivity index (χ2n) is 2.72. The summed E-state index contributed by atoms with van der Waals surface area (Å²) in [6, 6.07) is 4.01. The Hall–Kier alpha value is -0.290. The summed E-state index contributed by atoms with van der Waals surface area (Å²) in [5, 5.41) is 0. The molecule has 0 saturated carbocycles. The van der Waals surface area contributed by atoms with Crippen molar-refractivity contribution in [3.8, 4) is 0 Å². The van der Waals surface area contributed by atoms with Gasteiger partial charge in [-0.25, -0.2) is 0 Å². The molecule has 0 amide bonds. The second-order valence-corrected chi connectivity index (χ2v) is 2.72. The summed E-state index contributed by atoms with van der Waals surface area (Å²) in [7, 11) is 0. The molecule has 0 bridgehead atoms. The zero-order valence-corrected chi connectivity index (χ0v) is 10.2. The van der Waals surface area contributed by atoms with Gasteiger partial charge in [-0.3, -0.25) is 0 Å². The van der Waals surface area contributed by atoms with Crippen LogP contribution in [0.2, 0.25) is 0 Å². The minimum atomic E-state index is 0. The normalized spacial score (nSPS) is 8.25. The third-order valence-corrected chi connectivity index (χ3v) is 2.10. The molecule has 0 unspecified atom stereocenters. The Bertz CT molecular complexity index is 232. The third kappa shape index (κ3) is 2.64. The number of hydrogen-bond acceptors (Lipinski definition) is 2. The smallest absolute Gasteiger partial charge is 0.0346 e. The third-order valence-electron chi connectivity index (χ3n) is 2.10. The summed E-state index contributed by atoms with van der Waals surface area (Å²) in [5.74, 6) is 0. The van der Waals surface area contributed by atoms with Crippen LogP contribution in [0.1, 0.15) is 16.7 Å². The van der Waals surface area contributed by atoms with E-state index in [4.69, 9.17) is 5.73 Å². The molecule has 0 saturated heterocycles. The van der Waals surface area contributed by atoms with Gasteiger partial charge in [-0.15, -0.1) is 24.0 Å². The van der Waals surface area contributed by atoms with Crippen molar-refractivity contribution in [1.29, 1.82) is 0 Å². The summed E-state index contributed by atoms with van der Waals surface area (Å²) < 4.78 is 0. The van der Waals surface area contributed by atoms with Gasteiger partial charge in [-0.05, 0) is 43.5 Å². The highest BCUT2D eigenvalue weighted by Crippen LogP contribution is 2.17. The average molecular weight is 280 g/mol. The number of anilines is 1. The molecule has 0 fully saturated rings. The van der Waals surface area contributed by atoms with Crippen molar-refractivity contribution in [2.45, 2.75) is 20.8 Å². The molecule has 0 heterocycles. The van der Waals surface area contributed by atoms with Gasteiger partial charge in [0.25, 0.3) is 0 Å². The lowest BCUT2D eigenvalue weighted by Gasteiger charge is -2.05. The van der Waals surface area contributed by atoms with Crippen molar-refractivity contribution in [1.82, 2.24) is 6.15 Å². The van der Waals surface area contributed by atoms with E-state index in [1.54, 1.807) is 0 Å². The van der Waals surface area contributed by atoms with Crippen molar-refractivity contribution in [2.75, 3.05) is 5.73 Å². The highest BCUT2D eigenvalue weighted by atomic mass is 127. The summed E-state index contributed by atoms with van der Waals surface area (Å²) >= 11 is 0. The number of rotatable bonds is 0. The van der Waals surface area contributed by atoms with E-state index >= 15 is 0 Å². The van der Waals surface area contributed by atoms with E-state index in [0.717, 1.165) is 5.69 Å². The van der Waals surface area contributed by atoms with Crippen LogP contribution in [-0.2, 0) is 0 Å². The first-order chi connectivity index (χ1) is 4.63. The molecule has 5 N–H and O–H groups in total. The molecule has 1 aromatic carbocycles. The summed E-state index contributed by atoms with van der Waals surface area (Å²) in [6.45, 7) is 6.25. The van der Waals surface area contributed by atoms with Gasteiger partial charge in [0.05, 0.1) is 0 Å². The Kier molecular flexibility index (Phi) is 6.38.